The van der Waals surface area contributed by atoms with Crippen LogP contribution in [0.2, 0.25) is 0 Å². The van der Waals surface area contributed by atoms with E-state index in [-0.39, 0.29) is 11.3 Å². The molecule has 2 heterocycles. The monoisotopic (exact) mass is 392 g/mol. The molecular weight excluding hydrogens is 380 g/mol. The molecule has 2 aromatic heterocycles. The number of hydrogen-bond acceptors (Lipinski definition) is 4. The summed E-state index contributed by atoms with van der Waals surface area (Å²) < 4.78 is 3.41. The van der Waals surface area contributed by atoms with E-state index in [1.54, 1.807) is 6.07 Å². The predicted molar refractivity (Wildman–Crippen MR) is 107 cm³/mol. The molecule has 4 aromatic rings. The van der Waals surface area contributed by atoms with Gasteiger partial charge in [-0.3, -0.25) is 19.5 Å². The molecule has 138 valence electrons. The number of alkyl halides is 1. The standard InChI is InChI=1S/C20H13ClN4O3/c21-9-10-23-17-4-2-1-3-16(17)19-18(23)11-13(12-22)20(26)24(19)14-5-7-15(8-6-14)25(27)28/h1-8,11H,9-10H2. The summed E-state index contributed by atoms with van der Waals surface area (Å²) >= 11 is 5.98. The third kappa shape index (κ3) is 2.63. The van der Waals surface area contributed by atoms with E-state index < -0.39 is 10.5 Å². The molecular formula is C20H13ClN4O3. The third-order valence-corrected chi connectivity index (χ3v) is 4.84. The maximum Gasteiger partial charge on any atom is 0.273 e. The van der Waals surface area contributed by atoms with Gasteiger partial charge in [-0.15, -0.1) is 11.6 Å². The molecule has 0 fully saturated rings. The van der Waals surface area contributed by atoms with Crippen LogP contribution in [-0.2, 0) is 6.54 Å². The molecule has 0 aliphatic heterocycles. The number of fused-ring (bicyclic) bond motifs is 3. The summed E-state index contributed by atoms with van der Waals surface area (Å²) in [6.45, 7) is 0.509. The van der Waals surface area contributed by atoms with Gasteiger partial charge in [-0.1, -0.05) is 18.2 Å². The quantitative estimate of drug-likeness (QED) is 0.298. The van der Waals surface area contributed by atoms with Crippen LogP contribution in [0.1, 0.15) is 5.56 Å². The van der Waals surface area contributed by atoms with Crippen molar-refractivity contribution in [3.05, 3.63) is 80.6 Å². The van der Waals surface area contributed by atoms with E-state index in [9.17, 15) is 20.2 Å². The minimum atomic E-state index is -0.500. The Balaban J connectivity index is 2.17. The van der Waals surface area contributed by atoms with Crippen molar-refractivity contribution >= 4 is 39.2 Å². The Labute approximate surface area is 163 Å². The molecule has 28 heavy (non-hydrogen) atoms. The Morgan fingerprint density at radius 1 is 1.11 bits per heavy atom. The van der Waals surface area contributed by atoms with E-state index in [4.69, 9.17) is 11.6 Å². The topological polar surface area (TPSA) is 93.9 Å². The molecule has 4 rings (SSSR count). The fourth-order valence-electron chi connectivity index (χ4n) is 3.48. The highest BCUT2D eigenvalue weighted by Gasteiger charge is 2.19. The van der Waals surface area contributed by atoms with Gasteiger partial charge in [0.2, 0.25) is 0 Å². The molecule has 0 unspecified atom stereocenters. The lowest BCUT2D eigenvalue weighted by atomic mass is 10.2. The normalized spacial score (nSPS) is 11.0. The summed E-state index contributed by atoms with van der Waals surface area (Å²) in [6.07, 6.45) is 0. The molecule has 0 amide bonds. The Bertz CT molecular complexity index is 1330. The van der Waals surface area contributed by atoms with Gasteiger partial charge >= 0.3 is 0 Å². The van der Waals surface area contributed by atoms with Crippen LogP contribution in [0.15, 0.2) is 59.4 Å². The summed E-state index contributed by atoms with van der Waals surface area (Å²) in [5, 5.41) is 21.3. The van der Waals surface area contributed by atoms with Gasteiger partial charge in [0.25, 0.3) is 11.2 Å². The highest BCUT2D eigenvalue weighted by Crippen LogP contribution is 2.30. The van der Waals surface area contributed by atoms with Gasteiger partial charge in [0, 0.05) is 35.6 Å². The summed E-state index contributed by atoms with van der Waals surface area (Å²) in [5.41, 5.74) is 2.13. The van der Waals surface area contributed by atoms with Crippen molar-refractivity contribution in [3.8, 4) is 11.8 Å². The number of halogens is 1. The van der Waals surface area contributed by atoms with Crippen molar-refractivity contribution in [2.24, 2.45) is 0 Å². The Morgan fingerprint density at radius 3 is 2.46 bits per heavy atom. The minimum absolute atomic E-state index is 0.00974. The number of nitro benzene ring substituents is 1. The molecule has 2 aromatic carbocycles. The van der Waals surface area contributed by atoms with Crippen molar-refractivity contribution in [2.45, 2.75) is 6.54 Å². The fourth-order valence-corrected chi connectivity index (χ4v) is 3.65. The Morgan fingerprint density at radius 2 is 1.82 bits per heavy atom. The van der Waals surface area contributed by atoms with Gasteiger partial charge in [-0.25, -0.2) is 0 Å². The molecule has 0 aliphatic carbocycles. The number of aromatic nitrogens is 2. The second-order valence-corrected chi connectivity index (χ2v) is 6.55. The van der Waals surface area contributed by atoms with Crippen LogP contribution in [0.4, 0.5) is 5.69 Å². The maximum absolute atomic E-state index is 13.0. The van der Waals surface area contributed by atoms with Crippen LogP contribution in [0.25, 0.3) is 27.6 Å². The van der Waals surface area contributed by atoms with E-state index in [0.717, 1.165) is 10.9 Å². The molecule has 8 heteroatoms. The first-order valence-corrected chi connectivity index (χ1v) is 8.98. The van der Waals surface area contributed by atoms with E-state index in [1.807, 2.05) is 34.9 Å². The smallest absolute Gasteiger partial charge is 0.273 e. The SMILES string of the molecule is N#Cc1cc2c(c3ccccc3n2CCCl)n(-c2ccc([N+](=O)[O-])cc2)c1=O. The van der Waals surface area contributed by atoms with Crippen LogP contribution >= 0.6 is 11.6 Å². The lowest BCUT2D eigenvalue weighted by molar-refractivity contribution is -0.384. The third-order valence-electron chi connectivity index (χ3n) is 4.67. The average Bonchev–Trinajstić information content (AvgIpc) is 3.01. The number of nitrogens with zero attached hydrogens (tertiary/aromatic N) is 4. The summed E-state index contributed by atoms with van der Waals surface area (Å²) in [6, 6.07) is 16.8. The van der Waals surface area contributed by atoms with Gasteiger partial charge in [0.15, 0.2) is 0 Å². The van der Waals surface area contributed by atoms with E-state index >= 15 is 0 Å². The lowest BCUT2D eigenvalue weighted by Crippen LogP contribution is -2.21. The number of pyridine rings is 1. The molecule has 0 N–H and O–H groups in total. The largest absolute Gasteiger partial charge is 0.338 e. The van der Waals surface area contributed by atoms with Gasteiger partial charge in [0.1, 0.15) is 11.6 Å². The summed E-state index contributed by atoms with van der Waals surface area (Å²) in [4.78, 5) is 23.5. The van der Waals surface area contributed by atoms with Crippen molar-refractivity contribution in [3.63, 3.8) is 0 Å². The summed E-state index contributed by atoms with van der Waals surface area (Å²) in [7, 11) is 0. The van der Waals surface area contributed by atoms with Gasteiger partial charge < -0.3 is 4.57 Å². The van der Waals surface area contributed by atoms with Crippen LogP contribution < -0.4 is 5.56 Å². The maximum atomic E-state index is 13.0. The zero-order chi connectivity index (χ0) is 19.8. The molecule has 0 saturated carbocycles. The van der Waals surface area contributed by atoms with Crippen LogP contribution in [0.5, 0.6) is 0 Å². The molecule has 7 nitrogen and oxygen atoms in total. The van der Waals surface area contributed by atoms with E-state index in [2.05, 4.69) is 0 Å². The first-order chi connectivity index (χ1) is 13.6. The van der Waals surface area contributed by atoms with Crippen LogP contribution in [-0.4, -0.2) is 19.9 Å². The number of rotatable bonds is 4. The fraction of sp³-hybridized carbons (Fsp3) is 0.100. The first-order valence-electron chi connectivity index (χ1n) is 8.44. The molecule has 0 atom stereocenters. The van der Waals surface area contributed by atoms with E-state index in [1.165, 1.54) is 28.8 Å². The predicted octanol–water partition coefficient (Wildman–Crippen LogP) is 3.96. The highest BCUT2D eigenvalue weighted by atomic mass is 35.5. The van der Waals surface area contributed by atoms with Crippen molar-refractivity contribution in [1.82, 2.24) is 9.13 Å². The number of hydrogen-bond donors (Lipinski definition) is 0. The number of nitro groups is 1. The van der Waals surface area contributed by atoms with Crippen molar-refractivity contribution in [1.29, 1.82) is 5.26 Å². The summed E-state index contributed by atoms with van der Waals surface area (Å²) in [5.74, 6) is 0.367. The minimum Gasteiger partial charge on any atom is -0.338 e. The Kier molecular flexibility index (Phi) is 4.34. The van der Waals surface area contributed by atoms with E-state index in [0.29, 0.717) is 29.1 Å². The number of para-hydroxylation sites is 1. The molecule has 0 bridgehead atoms. The number of aryl methyl sites for hydroxylation is 1. The van der Waals surface area contributed by atoms with Gasteiger partial charge in [0.05, 0.1) is 21.5 Å². The molecule has 0 radical (unpaired) electrons. The lowest BCUT2D eigenvalue weighted by Gasteiger charge is -2.10. The second kappa shape index (κ2) is 6.83. The van der Waals surface area contributed by atoms with Gasteiger partial charge in [-0.05, 0) is 24.3 Å². The zero-order valence-electron chi connectivity index (χ0n) is 14.5. The van der Waals surface area contributed by atoms with Crippen molar-refractivity contribution in [2.75, 3.05) is 5.88 Å². The molecule has 0 saturated heterocycles. The first kappa shape index (κ1) is 17.8. The number of benzene rings is 2. The number of non-ortho nitro benzene ring substituents is 1. The van der Waals surface area contributed by atoms with Crippen molar-refractivity contribution < 1.29 is 4.92 Å². The van der Waals surface area contributed by atoms with Crippen LogP contribution in [0.3, 0.4) is 0 Å². The Hall–Kier alpha value is -3.63. The second-order valence-electron chi connectivity index (χ2n) is 6.18. The van der Waals surface area contributed by atoms with Gasteiger partial charge in [-0.2, -0.15) is 5.26 Å². The number of nitriles is 1. The zero-order valence-corrected chi connectivity index (χ0v) is 15.3. The molecule has 0 aliphatic rings. The van der Waals surface area contributed by atoms with Crippen LogP contribution in [0, 0.1) is 21.4 Å². The highest BCUT2D eigenvalue weighted by molar-refractivity contribution is 6.18. The average molecular weight is 393 g/mol. The molecule has 0 spiro atoms.